The number of aromatic amines is 1. The van der Waals surface area contributed by atoms with Crippen molar-refractivity contribution in [2.24, 2.45) is 5.73 Å². The summed E-state index contributed by atoms with van der Waals surface area (Å²) < 4.78 is 82.1. The summed E-state index contributed by atoms with van der Waals surface area (Å²) in [6.45, 7) is 1.97. The number of benzene rings is 2. The molecule has 0 aliphatic carbocycles. The van der Waals surface area contributed by atoms with Crippen LogP contribution in [-0.2, 0) is 24.0 Å². The first-order valence-corrected chi connectivity index (χ1v) is 13.2. The Morgan fingerprint density at radius 2 is 1.90 bits per heavy atom. The third kappa shape index (κ3) is 5.98. The van der Waals surface area contributed by atoms with Crippen molar-refractivity contribution in [1.82, 2.24) is 15.2 Å². The lowest BCUT2D eigenvalue weighted by atomic mass is 9.99. The number of primary amides is 1. The van der Waals surface area contributed by atoms with E-state index in [1.807, 2.05) is 0 Å². The second-order valence-corrected chi connectivity index (χ2v) is 10.0. The molecule has 0 radical (unpaired) electrons. The quantitative estimate of drug-likeness (QED) is 0.214. The number of halogens is 5. The van der Waals surface area contributed by atoms with Gasteiger partial charge in [0.1, 0.15) is 22.6 Å². The number of carbonyl (C=O) groups is 1. The number of phenols is 1. The maximum Gasteiger partial charge on any atom is 0.393 e. The minimum atomic E-state index is -4.68. The number of amides is 1. The first-order valence-electron chi connectivity index (χ1n) is 11.7. The maximum atomic E-state index is 14.3. The number of nitrogens with zero attached hydrogens (tertiary/aromatic N) is 3. The zero-order valence-electron chi connectivity index (χ0n) is 21.1. The van der Waals surface area contributed by atoms with Crippen LogP contribution in [0.5, 0.6) is 5.75 Å². The standard InChI is InChI=1S/C25H23F5N6O3S/c1-3-36(40(2)39)19-5-4-14(26)6-13(19)11-32-24-21-18(34-35-22(21)23(31)38)9-17(33-24)15-8-16(27)20(37)7-12(15)10-25(28,29)30/h4-9,37H,3,10-11H2,1-2H3,(H2,31,38)(H,32,33)(H,34,35). The number of nitrogens with one attached hydrogen (secondary N) is 2. The lowest BCUT2D eigenvalue weighted by molar-refractivity contribution is -0.127. The van der Waals surface area contributed by atoms with Crippen molar-refractivity contribution in [2.75, 3.05) is 22.4 Å². The molecular formula is C25H23F5N6O3S. The smallest absolute Gasteiger partial charge is 0.393 e. The van der Waals surface area contributed by atoms with Crippen molar-refractivity contribution in [1.29, 1.82) is 0 Å². The number of aromatic hydroxyl groups is 1. The summed E-state index contributed by atoms with van der Waals surface area (Å²) in [5.41, 5.74) is 5.30. The van der Waals surface area contributed by atoms with Gasteiger partial charge in [-0.15, -0.1) is 0 Å². The van der Waals surface area contributed by atoms with Gasteiger partial charge in [0.05, 0.1) is 28.7 Å². The number of hydrogen-bond acceptors (Lipinski definition) is 6. The Kier molecular flexibility index (Phi) is 7.95. The van der Waals surface area contributed by atoms with Crippen LogP contribution in [0.4, 0.5) is 33.5 Å². The topological polar surface area (TPSA) is 137 Å². The van der Waals surface area contributed by atoms with Crippen LogP contribution in [0.1, 0.15) is 28.5 Å². The van der Waals surface area contributed by atoms with E-state index < -0.39 is 52.4 Å². The number of pyridine rings is 1. The minimum Gasteiger partial charge on any atom is -0.505 e. The summed E-state index contributed by atoms with van der Waals surface area (Å²) in [7, 11) is -1.45. The van der Waals surface area contributed by atoms with E-state index in [-0.39, 0.29) is 40.2 Å². The summed E-state index contributed by atoms with van der Waals surface area (Å²) in [5.74, 6) is -3.72. The molecule has 0 bridgehead atoms. The van der Waals surface area contributed by atoms with Crippen LogP contribution in [0.3, 0.4) is 0 Å². The fourth-order valence-corrected chi connectivity index (χ4v) is 5.12. The Labute approximate surface area is 226 Å². The van der Waals surface area contributed by atoms with Crippen LogP contribution >= 0.6 is 0 Å². The van der Waals surface area contributed by atoms with Crippen molar-refractivity contribution in [2.45, 2.75) is 26.1 Å². The second kappa shape index (κ2) is 11.1. The average molecular weight is 583 g/mol. The predicted octanol–water partition coefficient (Wildman–Crippen LogP) is 4.54. The molecule has 4 aromatic rings. The zero-order chi connectivity index (χ0) is 29.4. The van der Waals surface area contributed by atoms with Gasteiger partial charge in [-0.1, -0.05) is 0 Å². The van der Waals surface area contributed by atoms with Gasteiger partial charge in [-0.25, -0.2) is 18.0 Å². The molecule has 2 aromatic carbocycles. The molecule has 0 spiro atoms. The molecule has 4 rings (SSSR count). The first kappa shape index (κ1) is 28.7. The SMILES string of the molecule is CCN(c1ccc(F)cc1CNc1nc(-c2cc(F)c(O)cc2CC(F)(F)F)cc2[nH]nc(C(N)=O)c12)S(C)=O. The van der Waals surface area contributed by atoms with E-state index in [4.69, 9.17) is 5.73 Å². The average Bonchev–Trinajstić information content (AvgIpc) is 3.29. The summed E-state index contributed by atoms with van der Waals surface area (Å²) in [6.07, 6.45) is -4.71. The van der Waals surface area contributed by atoms with E-state index in [9.17, 15) is 36.1 Å². The highest BCUT2D eigenvalue weighted by molar-refractivity contribution is 7.85. The summed E-state index contributed by atoms with van der Waals surface area (Å²) in [6, 6.07) is 6.51. The Morgan fingerprint density at radius 1 is 1.18 bits per heavy atom. The highest BCUT2D eigenvalue weighted by Gasteiger charge is 2.30. The number of nitrogens with two attached hydrogens (primary N) is 1. The molecular weight excluding hydrogens is 559 g/mol. The molecule has 0 aliphatic heterocycles. The number of aromatic nitrogens is 3. The molecule has 212 valence electrons. The molecule has 9 nitrogen and oxygen atoms in total. The fourth-order valence-electron chi connectivity index (χ4n) is 4.30. The number of hydrogen-bond donors (Lipinski definition) is 4. The minimum absolute atomic E-state index is 0.0719. The van der Waals surface area contributed by atoms with Crippen molar-refractivity contribution in [3.05, 3.63) is 64.9 Å². The molecule has 0 saturated carbocycles. The van der Waals surface area contributed by atoms with Gasteiger partial charge in [-0.3, -0.25) is 14.2 Å². The molecule has 0 aliphatic rings. The van der Waals surface area contributed by atoms with Crippen molar-refractivity contribution in [3.8, 4) is 17.0 Å². The number of fused-ring (bicyclic) bond motifs is 1. The number of carbonyl (C=O) groups excluding carboxylic acids is 1. The van der Waals surface area contributed by atoms with E-state index in [1.165, 1.54) is 34.8 Å². The van der Waals surface area contributed by atoms with E-state index in [2.05, 4.69) is 20.5 Å². The molecule has 2 aromatic heterocycles. The summed E-state index contributed by atoms with van der Waals surface area (Å²) >= 11 is 0. The van der Waals surface area contributed by atoms with Crippen LogP contribution < -0.4 is 15.4 Å². The number of anilines is 2. The Bertz CT molecular complexity index is 1630. The van der Waals surface area contributed by atoms with Gasteiger partial charge < -0.3 is 16.2 Å². The summed E-state index contributed by atoms with van der Waals surface area (Å²) in [4.78, 5) is 16.4. The van der Waals surface area contributed by atoms with E-state index in [0.29, 0.717) is 23.9 Å². The second-order valence-electron chi connectivity index (χ2n) is 8.71. The van der Waals surface area contributed by atoms with Crippen molar-refractivity contribution < 1.29 is 36.1 Å². The van der Waals surface area contributed by atoms with Crippen LogP contribution in [0.15, 0.2) is 36.4 Å². The lowest BCUT2D eigenvalue weighted by Crippen LogP contribution is -2.26. The van der Waals surface area contributed by atoms with Crippen LogP contribution in [0.2, 0.25) is 0 Å². The number of phenolic OH excluding ortho intramolecular Hbond substituents is 1. The van der Waals surface area contributed by atoms with Gasteiger partial charge in [0, 0.05) is 24.9 Å². The van der Waals surface area contributed by atoms with Gasteiger partial charge in [0.15, 0.2) is 17.3 Å². The van der Waals surface area contributed by atoms with Crippen molar-refractivity contribution in [3.63, 3.8) is 0 Å². The maximum absolute atomic E-state index is 14.3. The molecule has 1 amide bonds. The third-order valence-corrected chi connectivity index (χ3v) is 7.05. The molecule has 0 fully saturated rings. The lowest BCUT2D eigenvalue weighted by Gasteiger charge is -2.23. The largest absolute Gasteiger partial charge is 0.505 e. The molecule has 40 heavy (non-hydrogen) atoms. The van der Waals surface area contributed by atoms with Gasteiger partial charge in [0.25, 0.3) is 5.91 Å². The number of H-pyrrole nitrogens is 1. The number of rotatable bonds is 9. The number of alkyl halides is 3. The van der Waals surface area contributed by atoms with Gasteiger partial charge >= 0.3 is 6.18 Å². The molecule has 5 N–H and O–H groups in total. The molecule has 1 atom stereocenters. The Morgan fingerprint density at radius 3 is 2.52 bits per heavy atom. The zero-order valence-corrected chi connectivity index (χ0v) is 21.9. The van der Waals surface area contributed by atoms with Crippen LogP contribution in [0, 0.1) is 11.6 Å². The summed E-state index contributed by atoms with van der Waals surface area (Å²) in [5, 5.41) is 19.2. The predicted molar refractivity (Wildman–Crippen MR) is 140 cm³/mol. The van der Waals surface area contributed by atoms with Gasteiger partial charge in [-0.05, 0) is 54.4 Å². The highest BCUT2D eigenvalue weighted by atomic mass is 32.2. The van der Waals surface area contributed by atoms with Crippen LogP contribution in [-0.4, -0.2) is 49.4 Å². The third-order valence-electron chi connectivity index (χ3n) is 5.97. The molecule has 15 heteroatoms. The van der Waals surface area contributed by atoms with Gasteiger partial charge in [-0.2, -0.15) is 18.3 Å². The molecule has 0 saturated heterocycles. The normalized spacial score (nSPS) is 12.5. The molecule has 1 unspecified atom stereocenters. The Balaban J connectivity index is 1.87. The van der Waals surface area contributed by atoms with E-state index in [0.717, 1.165) is 6.07 Å². The van der Waals surface area contributed by atoms with E-state index >= 15 is 0 Å². The molecule has 2 heterocycles. The van der Waals surface area contributed by atoms with E-state index in [1.54, 1.807) is 6.92 Å². The fraction of sp³-hybridized carbons (Fsp3) is 0.240. The monoisotopic (exact) mass is 582 g/mol. The van der Waals surface area contributed by atoms with Crippen molar-refractivity contribution >= 4 is 39.3 Å². The highest BCUT2D eigenvalue weighted by Crippen LogP contribution is 2.36. The van der Waals surface area contributed by atoms with Gasteiger partial charge in [0.2, 0.25) is 0 Å². The first-order chi connectivity index (χ1) is 18.8. The van der Waals surface area contributed by atoms with Crippen LogP contribution in [0.25, 0.3) is 22.2 Å². The Hall–Kier alpha value is -4.27.